The van der Waals surface area contributed by atoms with E-state index in [9.17, 15) is 8.76 Å². The molecular formula is C9H11O2S2-. The van der Waals surface area contributed by atoms with Gasteiger partial charge in [0.1, 0.15) is 0 Å². The molecule has 0 amide bonds. The minimum Gasteiger partial charge on any atom is -0.768 e. The molecule has 0 aromatic heterocycles. The first kappa shape index (κ1) is 10.8. The van der Waals surface area contributed by atoms with Crippen molar-refractivity contribution in [1.82, 2.24) is 0 Å². The maximum atomic E-state index is 10.8. The van der Waals surface area contributed by atoms with Crippen LogP contribution in [0, 0.1) is 13.8 Å². The Bertz CT molecular complexity index is 348. The average Bonchev–Trinajstić information content (AvgIpc) is 2.08. The minimum absolute atomic E-state index is 0.359. The van der Waals surface area contributed by atoms with E-state index in [1.807, 2.05) is 19.9 Å². The smallest absolute Gasteiger partial charge is 0.0291 e. The lowest BCUT2D eigenvalue weighted by molar-refractivity contribution is 0.536. The predicted molar refractivity (Wildman–Crippen MR) is 55.8 cm³/mol. The minimum atomic E-state index is -2.16. The first-order valence-electron chi connectivity index (χ1n) is 3.86. The molecule has 0 heterocycles. The van der Waals surface area contributed by atoms with Crippen molar-refractivity contribution in [3.05, 3.63) is 28.8 Å². The highest BCUT2D eigenvalue weighted by Crippen LogP contribution is 2.19. The van der Waals surface area contributed by atoms with Gasteiger partial charge < -0.3 is 4.55 Å². The fourth-order valence-corrected chi connectivity index (χ4v) is 2.11. The molecule has 0 saturated carbocycles. The molecule has 1 rings (SSSR count). The van der Waals surface area contributed by atoms with Gasteiger partial charge in [0.15, 0.2) is 0 Å². The summed E-state index contributed by atoms with van der Waals surface area (Å²) in [5, 5.41) is 0. The standard InChI is InChI=1S/C9H12O2S2/c1-6-3-8(5-12)9(13(10)11)4-7(6)2/h3-4,12H,5H2,1-2H3,(H,10,11)/p-1. The molecule has 0 saturated heterocycles. The number of benzene rings is 1. The zero-order chi connectivity index (χ0) is 10.0. The maximum absolute atomic E-state index is 10.8. The van der Waals surface area contributed by atoms with Crippen LogP contribution in [-0.2, 0) is 16.8 Å². The second-order valence-corrected chi connectivity index (χ2v) is 4.16. The van der Waals surface area contributed by atoms with Crippen LogP contribution in [-0.4, -0.2) is 8.76 Å². The molecule has 0 N–H and O–H groups in total. The third kappa shape index (κ3) is 2.33. The van der Waals surface area contributed by atoms with Gasteiger partial charge in [0.25, 0.3) is 0 Å². The first-order valence-corrected chi connectivity index (χ1v) is 5.57. The molecular weight excluding hydrogens is 204 g/mol. The molecule has 2 nitrogen and oxygen atoms in total. The Morgan fingerprint density at radius 2 is 1.92 bits per heavy atom. The Hall–Kier alpha value is -0.320. The van der Waals surface area contributed by atoms with Gasteiger partial charge in [-0.05, 0) is 47.7 Å². The zero-order valence-electron chi connectivity index (χ0n) is 7.53. The second-order valence-electron chi connectivity index (χ2n) is 2.94. The maximum Gasteiger partial charge on any atom is 0.0291 e. The molecule has 0 spiro atoms. The SMILES string of the molecule is Cc1cc(CS)c(S(=O)[O-])cc1C. The van der Waals surface area contributed by atoms with E-state index in [0.717, 1.165) is 16.7 Å². The van der Waals surface area contributed by atoms with Crippen LogP contribution in [0.5, 0.6) is 0 Å². The van der Waals surface area contributed by atoms with Gasteiger partial charge in [-0.15, -0.1) is 0 Å². The average molecular weight is 215 g/mol. The highest BCUT2D eigenvalue weighted by Gasteiger charge is 2.04. The van der Waals surface area contributed by atoms with E-state index in [1.54, 1.807) is 6.07 Å². The molecule has 0 radical (unpaired) electrons. The van der Waals surface area contributed by atoms with Crippen molar-refractivity contribution in [2.24, 2.45) is 0 Å². The molecule has 1 aromatic carbocycles. The highest BCUT2D eigenvalue weighted by atomic mass is 32.2. The van der Waals surface area contributed by atoms with Crippen LogP contribution in [0.25, 0.3) is 0 Å². The molecule has 72 valence electrons. The normalized spacial score (nSPS) is 12.9. The van der Waals surface area contributed by atoms with Crippen LogP contribution >= 0.6 is 12.6 Å². The van der Waals surface area contributed by atoms with Crippen molar-refractivity contribution in [2.75, 3.05) is 0 Å². The number of hydrogen-bond donors (Lipinski definition) is 1. The summed E-state index contributed by atoms with van der Waals surface area (Å²) in [6.07, 6.45) is 0. The molecule has 1 atom stereocenters. The Kier molecular flexibility index (Phi) is 3.53. The third-order valence-electron chi connectivity index (χ3n) is 2.03. The Morgan fingerprint density at radius 1 is 1.38 bits per heavy atom. The molecule has 0 bridgehead atoms. The van der Waals surface area contributed by atoms with Crippen LogP contribution < -0.4 is 0 Å². The largest absolute Gasteiger partial charge is 0.768 e. The number of hydrogen-bond acceptors (Lipinski definition) is 3. The van der Waals surface area contributed by atoms with Crippen LogP contribution in [0.3, 0.4) is 0 Å². The van der Waals surface area contributed by atoms with E-state index < -0.39 is 11.1 Å². The summed E-state index contributed by atoms with van der Waals surface area (Å²) in [5.74, 6) is 0.449. The fraction of sp³-hybridized carbons (Fsp3) is 0.333. The van der Waals surface area contributed by atoms with E-state index in [2.05, 4.69) is 12.6 Å². The van der Waals surface area contributed by atoms with Crippen LogP contribution in [0.4, 0.5) is 0 Å². The molecule has 1 unspecified atom stereocenters. The molecule has 0 aliphatic rings. The fourth-order valence-electron chi connectivity index (χ4n) is 1.13. The summed E-state index contributed by atoms with van der Waals surface area (Å²) < 4.78 is 21.6. The van der Waals surface area contributed by atoms with Gasteiger partial charge in [0, 0.05) is 10.6 Å². The van der Waals surface area contributed by atoms with Gasteiger partial charge in [-0.25, -0.2) is 0 Å². The Morgan fingerprint density at radius 3 is 2.38 bits per heavy atom. The lowest BCUT2D eigenvalue weighted by Gasteiger charge is -2.13. The van der Waals surface area contributed by atoms with Gasteiger partial charge in [0.2, 0.25) is 0 Å². The Labute approximate surface area is 86.1 Å². The summed E-state index contributed by atoms with van der Waals surface area (Å²) in [7, 11) is 0. The predicted octanol–water partition coefficient (Wildman–Crippen LogP) is 1.97. The number of thiol groups is 1. The Balaban J connectivity index is 3.33. The second kappa shape index (κ2) is 4.26. The van der Waals surface area contributed by atoms with E-state index >= 15 is 0 Å². The first-order chi connectivity index (χ1) is 6.06. The van der Waals surface area contributed by atoms with Gasteiger partial charge >= 0.3 is 0 Å². The topological polar surface area (TPSA) is 40.1 Å². The van der Waals surface area contributed by atoms with Crippen LogP contribution in [0.2, 0.25) is 0 Å². The molecule has 0 fully saturated rings. The van der Waals surface area contributed by atoms with E-state index in [-0.39, 0.29) is 0 Å². The molecule has 0 aliphatic carbocycles. The van der Waals surface area contributed by atoms with Gasteiger partial charge in [-0.2, -0.15) is 12.6 Å². The summed E-state index contributed by atoms with van der Waals surface area (Å²) in [4.78, 5) is 0.359. The third-order valence-corrected chi connectivity index (χ3v) is 3.11. The van der Waals surface area contributed by atoms with E-state index in [1.165, 1.54) is 0 Å². The van der Waals surface area contributed by atoms with Crippen molar-refractivity contribution in [2.45, 2.75) is 24.5 Å². The summed E-state index contributed by atoms with van der Waals surface area (Å²) in [6, 6.07) is 3.55. The van der Waals surface area contributed by atoms with Crippen LogP contribution in [0.1, 0.15) is 16.7 Å². The molecule has 1 aromatic rings. The molecule has 0 aliphatic heterocycles. The van der Waals surface area contributed by atoms with Crippen molar-refractivity contribution >= 4 is 23.7 Å². The quantitative estimate of drug-likeness (QED) is 0.605. The van der Waals surface area contributed by atoms with Gasteiger partial charge in [0.05, 0.1) is 0 Å². The van der Waals surface area contributed by atoms with Gasteiger partial charge in [-0.3, -0.25) is 4.21 Å². The van der Waals surface area contributed by atoms with Crippen molar-refractivity contribution in [3.8, 4) is 0 Å². The van der Waals surface area contributed by atoms with E-state index in [0.29, 0.717) is 10.6 Å². The molecule has 4 heteroatoms. The number of aryl methyl sites for hydroxylation is 2. The summed E-state index contributed by atoms with van der Waals surface area (Å²) in [5.41, 5.74) is 2.85. The van der Waals surface area contributed by atoms with Crippen molar-refractivity contribution in [1.29, 1.82) is 0 Å². The van der Waals surface area contributed by atoms with Gasteiger partial charge in [-0.1, -0.05) is 6.07 Å². The summed E-state index contributed by atoms with van der Waals surface area (Å²) in [6.45, 7) is 3.85. The number of rotatable bonds is 2. The summed E-state index contributed by atoms with van der Waals surface area (Å²) >= 11 is 1.92. The van der Waals surface area contributed by atoms with Crippen molar-refractivity contribution in [3.63, 3.8) is 0 Å². The highest BCUT2D eigenvalue weighted by molar-refractivity contribution is 7.80. The lowest BCUT2D eigenvalue weighted by Crippen LogP contribution is -1.97. The zero-order valence-corrected chi connectivity index (χ0v) is 9.24. The monoisotopic (exact) mass is 215 g/mol. The lowest BCUT2D eigenvalue weighted by atomic mass is 10.1. The van der Waals surface area contributed by atoms with Crippen molar-refractivity contribution < 1.29 is 8.76 Å². The van der Waals surface area contributed by atoms with E-state index in [4.69, 9.17) is 0 Å². The molecule has 13 heavy (non-hydrogen) atoms. The van der Waals surface area contributed by atoms with Crippen LogP contribution in [0.15, 0.2) is 17.0 Å².